The van der Waals surface area contributed by atoms with E-state index in [2.05, 4.69) is 50.1 Å². The zero-order valence-corrected chi connectivity index (χ0v) is 18.5. The number of rotatable bonds is 3. The first kappa shape index (κ1) is 19.2. The van der Waals surface area contributed by atoms with E-state index < -0.39 is 0 Å². The van der Waals surface area contributed by atoms with Gasteiger partial charge in [0.15, 0.2) is 17.2 Å². The highest BCUT2D eigenvalue weighted by molar-refractivity contribution is 5.82. The van der Waals surface area contributed by atoms with Crippen molar-refractivity contribution in [1.82, 2.24) is 19.9 Å². The van der Waals surface area contributed by atoms with E-state index in [1.807, 2.05) is 13.8 Å². The van der Waals surface area contributed by atoms with E-state index >= 15 is 0 Å². The van der Waals surface area contributed by atoms with Crippen LogP contribution in [0.3, 0.4) is 0 Å². The Morgan fingerprint density at radius 1 is 1.00 bits per heavy atom. The fourth-order valence-corrected chi connectivity index (χ4v) is 6.43. The van der Waals surface area contributed by atoms with Crippen LogP contribution in [0.2, 0.25) is 0 Å². The lowest BCUT2D eigenvalue weighted by molar-refractivity contribution is -0.0187. The number of nitrogens with zero attached hydrogens (tertiary/aromatic N) is 5. The number of aryl methyl sites for hydroxylation is 2. The predicted molar refractivity (Wildman–Crippen MR) is 121 cm³/mol. The van der Waals surface area contributed by atoms with Gasteiger partial charge in [0.2, 0.25) is 0 Å². The molecule has 1 aromatic carbocycles. The molecule has 0 spiro atoms. The smallest absolute Gasteiger partial charge is 0.252 e. The summed E-state index contributed by atoms with van der Waals surface area (Å²) in [6, 6.07) is 12.4. The van der Waals surface area contributed by atoms with Crippen molar-refractivity contribution in [1.29, 1.82) is 0 Å². The zero-order chi connectivity index (χ0) is 20.9. The molecule has 3 saturated heterocycles. The summed E-state index contributed by atoms with van der Waals surface area (Å²) in [5, 5.41) is 0. The zero-order valence-electron chi connectivity index (χ0n) is 18.5. The summed E-state index contributed by atoms with van der Waals surface area (Å²) in [7, 11) is 0. The van der Waals surface area contributed by atoms with Gasteiger partial charge in [-0.25, -0.2) is 9.97 Å². The summed E-state index contributed by atoms with van der Waals surface area (Å²) in [4.78, 5) is 19.3. The van der Waals surface area contributed by atoms with Gasteiger partial charge < -0.3 is 9.32 Å². The van der Waals surface area contributed by atoms with Crippen molar-refractivity contribution in [3.63, 3.8) is 0 Å². The number of fused-ring (bicyclic) bond motifs is 5. The molecule has 0 N–H and O–H groups in total. The van der Waals surface area contributed by atoms with Crippen molar-refractivity contribution in [2.75, 3.05) is 24.5 Å². The van der Waals surface area contributed by atoms with Crippen LogP contribution in [0.1, 0.15) is 43.0 Å². The highest BCUT2D eigenvalue weighted by atomic mass is 16.4. The standard InChI is InChI=1S/C25H31N5O/c1-16-26-24(23-25(27-16)31-17(2)28-23)29-13-19-11-20(15-29)22-10-6-9-21(30(22)14-19)12-18-7-4-3-5-8-18/h3-5,7-8,19-22H,6,9-15H2,1-2H3/t19-,20+,21+,22-/m0/s1. The average molecular weight is 418 g/mol. The maximum atomic E-state index is 5.73. The molecule has 3 aliphatic heterocycles. The second-order valence-electron chi connectivity index (χ2n) is 9.79. The van der Waals surface area contributed by atoms with E-state index in [0.29, 0.717) is 35.5 Å². The number of benzene rings is 1. The van der Waals surface area contributed by atoms with Crippen LogP contribution in [-0.4, -0.2) is 51.6 Å². The van der Waals surface area contributed by atoms with Crippen LogP contribution in [-0.2, 0) is 6.42 Å². The van der Waals surface area contributed by atoms with Crippen LogP contribution in [0.5, 0.6) is 0 Å². The molecule has 0 unspecified atom stereocenters. The Bertz CT molecular complexity index is 1080. The molecule has 0 radical (unpaired) electrons. The van der Waals surface area contributed by atoms with Gasteiger partial charge in [0.05, 0.1) is 0 Å². The summed E-state index contributed by atoms with van der Waals surface area (Å²) in [5.41, 5.74) is 2.93. The lowest BCUT2D eigenvalue weighted by atomic mass is 9.74. The molecule has 0 saturated carbocycles. The molecule has 162 valence electrons. The van der Waals surface area contributed by atoms with E-state index in [4.69, 9.17) is 9.40 Å². The summed E-state index contributed by atoms with van der Waals surface area (Å²) in [5.74, 6) is 3.78. The largest absolute Gasteiger partial charge is 0.422 e. The SMILES string of the molecule is Cc1nc(N2C[C@@H]3C[C@H](C2)[C@@H]2CCC[C@H](Cc4ccccc4)N2C3)c2nc(C)oc2n1. The fourth-order valence-electron chi connectivity index (χ4n) is 6.43. The third-order valence-corrected chi connectivity index (χ3v) is 7.59. The molecule has 3 aliphatic rings. The second-order valence-corrected chi connectivity index (χ2v) is 9.79. The van der Waals surface area contributed by atoms with Gasteiger partial charge in [-0.05, 0) is 50.0 Å². The van der Waals surface area contributed by atoms with E-state index in [-0.39, 0.29) is 0 Å². The highest BCUT2D eigenvalue weighted by Gasteiger charge is 2.45. The van der Waals surface area contributed by atoms with Gasteiger partial charge in [-0.15, -0.1) is 0 Å². The number of hydrogen-bond acceptors (Lipinski definition) is 6. The summed E-state index contributed by atoms with van der Waals surface area (Å²) in [6.07, 6.45) is 6.54. The topological polar surface area (TPSA) is 58.3 Å². The normalized spacial score (nSPS) is 28.6. The van der Waals surface area contributed by atoms with E-state index in [1.54, 1.807) is 0 Å². The monoisotopic (exact) mass is 417 g/mol. The lowest BCUT2D eigenvalue weighted by Gasteiger charge is -2.55. The Hall–Kier alpha value is -2.47. The number of hydrogen-bond donors (Lipinski definition) is 0. The minimum atomic E-state index is 0.623. The maximum absolute atomic E-state index is 5.73. The quantitative estimate of drug-likeness (QED) is 0.638. The van der Waals surface area contributed by atoms with Crippen molar-refractivity contribution < 1.29 is 4.42 Å². The van der Waals surface area contributed by atoms with Gasteiger partial charge in [0.25, 0.3) is 5.71 Å². The lowest BCUT2D eigenvalue weighted by Crippen LogP contribution is -2.62. The van der Waals surface area contributed by atoms with E-state index in [1.165, 1.54) is 44.2 Å². The van der Waals surface area contributed by atoms with Gasteiger partial charge in [-0.1, -0.05) is 36.8 Å². The first-order chi connectivity index (χ1) is 15.1. The molecule has 3 aromatic rings. The van der Waals surface area contributed by atoms with Gasteiger partial charge >= 0.3 is 0 Å². The number of oxazole rings is 1. The molecule has 6 rings (SSSR count). The van der Waals surface area contributed by atoms with Crippen LogP contribution in [0, 0.1) is 25.7 Å². The molecule has 0 amide bonds. The first-order valence-electron chi connectivity index (χ1n) is 11.8. The number of anilines is 1. The molecule has 0 aliphatic carbocycles. The molecule has 6 heteroatoms. The molecule has 31 heavy (non-hydrogen) atoms. The Balaban J connectivity index is 1.26. The van der Waals surface area contributed by atoms with Gasteiger partial charge in [0, 0.05) is 38.6 Å². The van der Waals surface area contributed by atoms with Crippen LogP contribution in [0.25, 0.3) is 11.2 Å². The molecular weight excluding hydrogens is 386 g/mol. The molecule has 2 aromatic heterocycles. The van der Waals surface area contributed by atoms with Gasteiger partial charge in [-0.3, -0.25) is 4.90 Å². The minimum absolute atomic E-state index is 0.623. The fraction of sp³-hybridized carbons (Fsp3) is 0.560. The Morgan fingerprint density at radius 2 is 1.87 bits per heavy atom. The van der Waals surface area contributed by atoms with Crippen LogP contribution >= 0.6 is 0 Å². The molecule has 4 atom stereocenters. The van der Waals surface area contributed by atoms with E-state index in [0.717, 1.165) is 30.2 Å². The van der Waals surface area contributed by atoms with Crippen molar-refractivity contribution >= 4 is 17.0 Å². The minimum Gasteiger partial charge on any atom is -0.422 e. The molecule has 3 fully saturated rings. The third-order valence-electron chi connectivity index (χ3n) is 7.59. The maximum Gasteiger partial charge on any atom is 0.252 e. The summed E-state index contributed by atoms with van der Waals surface area (Å²) in [6.45, 7) is 7.16. The number of aromatic nitrogens is 3. The highest BCUT2D eigenvalue weighted by Crippen LogP contribution is 2.41. The van der Waals surface area contributed by atoms with Crippen LogP contribution in [0.15, 0.2) is 34.7 Å². The molecule has 5 heterocycles. The van der Waals surface area contributed by atoms with Gasteiger partial charge in [0.1, 0.15) is 5.82 Å². The Kier molecular flexibility index (Phi) is 4.71. The predicted octanol–water partition coefficient (Wildman–Crippen LogP) is 4.16. The van der Waals surface area contributed by atoms with Crippen molar-refractivity contribution in [3.05, 3.63) is 47.6 Å². The third kappa shape index (κ3) is 3.51. The molecular formula is C25H31N5O. The summed E-state index contributed by atoms with van der Waals surface area (Å²) < 4.78 is 5.73. The number of piperidine rings is 3. The Morgan fingerprint density at radius 3 is 2.74 bits per heavy atom. The molecule has 6 nitrogen and oxygen atoms in total. The summed E-state index contributed by atoms with van der Waals surface area (Å²) >= 11 is 0. The van der Waals surface area contributed by atoms with Crippen LogP contribution < -0.4 is 4.90 Å². The van der Waals surface area contributed by atoms with Gasteiger partial charge in [-0.2, -0.15) is 4.98 Å². The molecule has 2 bridgehead atoms. The van der Waals surface area contributed by atoms with Crippen molar-refractivity contribution in [2.45, 2.75) is 58.0 Å². The van der Waals surface area contributed by atoms with Crippen molar-refractivity contribution in [3.8, 4) is 0 Å². The Labute approximate surface area is 183 Å². The first-order valence-corrected chi connectivity index (χ1v) is 11.8. The van der Waals surface area contributed by atoms with Crippen LogP contribution in [0.4, 0.5) is 5.82 Å². The second kappa shape index (κ2) is 7.59. The van der Waals surface area contributed by atoms with Crippen molar-refractivity contribution in [2.24, 2.45) is 11.8 Å². The average Bonchev–Trinajstić information content (AvgIpc) is 3.14. The van der Waals surface area contributed by atoms with E-state index in [9.17, 15) is 0 Å².